The van der Waals surface area contributed by atoms with Crippen molar-refractivity contribution >= 4 is 0 Å². The number of benzene rings is 4. The van der Waals surface area contributed by atoms with E-state index in [1.54, 1.807) is 28.4 Å². The van der Waals surface area contributed by atoms with Crippen molar-refractivity contribution in [2.75, 3.05) is 69.7 Å². The summed E-state index contributed by atoms with van der Waals surface area (Å²) in [7, 11) is 16.0. The largest absolute Gasteiger partial charge is 1.00 e. The highest BCUT2D eigenvalue weighted by atomic mass is 127. The van der Waals surface area contributed by atoms with E-state index in [4.69, 9.17) is 28.4 Å². The fraction of sp³-hybridized carbons (Fsp3) is 0.400. The summed E-state index contributed by atoms with van der Waals surface area (Å²) in [6, 6.07) is 21.6. The first-order valence-electron chi connectivity index (χ1n) is 16.8. The SMILES string of the molecule is COc1ccc2cc1Oc1ccc(cc1)C[C@H]1c3cc(c(OC)cc3CC[N+]1(C)C)Oc1c(OC)c(OC)cc3c1[C@H](C2)[N+](C)(C)CC3.[I-].[I-]. The van der Waals surface area contributed by atoms with Crippen molar-refractivity contribution in [2.45, 2.75) is 37.8 Å². The van der Waals surface area contributed by atoms with Crippen molar-refractivity contribution in [2.24, 2.45) is 0 Å². The molecule has 0 aromatic heterocycles. The second-order valence-corrected chi connectivity index (χ2v) is 14.5. The maximum atomic E-state index is 7.14. The van der Waals surface area contributed by atoms with Crippen molar-refractivity contribution < 1.29 is 85.3 Å². The van der Waals surface area contributed by atoms with Gasteiger partial charge in [-0.2, -0.15) is 0 Å². The Morgan fingerprint density at radius 3 is 1.82 bits per heavy atom. The van der Waals surface area contributed by atoms with E-state index in [1.807, 2.05) is 6.07 Å². The average Bonchev–Trinajstić information content (AvgIpc) is 3.07. The predicted octanol–water partition coefficient (Wildman–Crippen LogP) is 1.46. The number of likely N-dealkylation sites (N-methyl/N-ethyl adjacent to an activating group) is 2. The molecule has 0 unspecified atom stereocenters. The minimum absolute atomic E-state index is 0. The van der Waals surface area contributed by atoms with Crippen molar-refractivity contribution in [1.82, 2.24) is 0 Å². The molecule has 4 aromatic rings. The summed E-state index contributed by atoms with van der Waals surface area (Å²) in [5, 5.41) is 0. The molecular formula is C40H48I2N2O6. The molecule has 6 bridgehead atoms. The first-order chi connectivity index (χ1) is 23.0. The van der Waals surface area contributed by atoms with Crippen LogP contribution in [0.2, 0.25) is 0 Å². The van der Waals surface area contributed by atoms with E-state index in [1.165, 1.54) is 22.3 Å². The number of halogens is 2. The molecule has 0 fully saturated rings. The van der Waals surface area contributed by atoms with Crippen molar-refractivity contribution in [3.05, 3.63) is 94.0 Å². The monoisotopic (exact) mass is 906 g/mol. The van der Waals surface area contributed by atoms with Crippen LogP contribution in [0, 0.1) is 0 Å². The van der Waals surface area contributed by atoms with Gasteiger partial charge in [0, 0.05) is 31.2 Å². The predicted molar refractivity (Wildman–Crippen MR) is 186 cm³/mol. The Morgan fingerprint density at radius 2 is 1.16 bits per heavy atom. The van der Waals surface area contributed by atoms with Gasteiger partial charge in [-0.15, -0.1) is 0 Å². The van der Waals surface area contributed by atoms with Crippen LogP contribution in [0.3, 0.4) is 0 Å². The minimum Gasteiger partial charge on any atom is -1.00 e. The zero-order valence-electron chi connectivity index (χ0n) is 30.3. The third-order valence-electron chi connectivity index (χ3n) is 10.9. The van der Waals surface area contributed by atoms with Crippen LogP contribution in [0.1, 0.15) is 45.5 Å². The van der Waals surface area contributed by atoms with Crippen molar-refractivity contribution in [3.8, 4) is 46.0 Å². The van der Waals surface area contributed by atoms with Crippen molar-refractivity contribution in [1.29, 1.82) is 0 Å². The number of hydrogen-bond acceptors (Lipinski definition) is 6. The van der Waals surface area contributed by atoms with Gasteiger partial charge in [-0.1, -0.05) is 18.2 Å². The molecule has 4 aromatic carbocycles. The number of fused-ring (bicyclic) bond motifs is 2. The van der Waals surface area contributed by atoms with Gasteiger partial charge in [-0.05, 0) is 64.7 Å². The Labute approximate surface area is 330 Å². The van der Waals surface area contributed by atoms with Crippen LogP contribution >= 0.6 is 0 Å². The molecule has 0 N–H and O–H groups in total. The lowest BCUT2D eigenvalue weighted by Crippen LogP contribution is -3.00. The molecule has 268 valence electrons. The van der Waals surface area contributed by atoms with Crippen LogP contribution < -0.4 is 76.4 Å². The second kappa shape index (κ2) is 15.0. The Balaban J connectivity index is 0.00000243. The van der Waals surface area contributed by atoms with E-state index in [2.05, 4.69) is 82.8 Å². The molecule has 0 saturated carbocycles. The number of hydrogen-bond donors (Lipinski definition) is 0. The standard InChI is InChI=1S/C40H48N2O6.2HI/c1-41(2)17-15-27-22-34(44-6)36-24-30(27)31(41)19-25-9-12-29(13-10-25)47-35-21-26(11-14-33(35)43-5)20-32-38-28(16-18-42(32,3)4)23-37(45-7)39(46-8)40(38)48-36;;/h9-14,21-24,31-32H,15-20H2,1-8H3;2*1H/q+2;;/p-2/t31-,32-;;/m0../s1. The summed E-state index contributed by atoms with van der Waals surface area (Å²) in [5.74, 6) is 5.51. The molecule has 0 saturated heterocycles. The van der Waals surface area contributed by atoms with Crippen LogP contribution in [0.5, 0.6) is 46.0 Å². The van der Waals surface area contributed by atoms with E-state index < -0.39 is 0 Å². The number of rotatable bonds is 4. The van der Waals surface area contributed by atoms with Gasteiger partial charge in [0.25, 0.3) is 0 Å². The molecule has 4 heterocycles. The zero-order valence-corrected chi connectivity index (χ0v) is 34.6. The summed E-state index contributed by atoms with van der Waals surface area (Å²) < 4.78 is 39.1. The quantitative estimate of drug-likeness (QED) is 0.229. The van der Waals surface area contributed by atoms with E-state index in [0.717, 1.165) is 70.4 Å². The van der Waals surface area contributed by atoms with Crippen LogP contribution in [0.15, 0.2) is 60.7 Å². The molecule has 4 aliphatic rings. The molecule has 0 amide bonds. The topological polar surface area (TPSA) is 55.4 Å². The van der Waals surface area contributed by atoms with Gasteiger partial charge in [0.2, 0.25) is 5.75 Å². The van der Waals surface area contributed by atoms with Gasteiger partial charge in [0.05, 0.1) is 75.3 Å². The molecule has 0 aliphatic carbocycles. The molecule has 4 aliphatic heterocycles. The fourth-order valence-electron chi connectivity index (χ4n) is 7.95. The number of quaternary nitrogens is 2. The molecule has 10 heteroatoms. The Kier molecular flexibility index (Phi) is 11.5. The van der Waals surface area contributed by atoms with Crippen LogP contribution in [0.25, 0.3) is 0 Å². The summed E-state index contributed by atoms with van der Waals surface area (Å²) >= 11 is 0. The lowest BCUT2D eigenvalue weighted by Gasteiger charge is -2.44. The lowest BCUT2D eigenvalue weighted by molar-refractivity contribution is -0.923. The molecule has 8 rings (SSSR count). The van der Waals surface area contributed by atoms with E-state index in [9.17, 15) is 0 Å². The molecule has 50 heavy (non-hydrogen) atoms. The van der Waals surface area contributed by atoms with Crippen LogP contribution in [-0.4, -0.2) is 78.7 Å². The number of methoxy groups -OCH3 is 4. The smallest absolute Gasteiger partial charge is 0.204 e. The Bertz CT molecular complexity index is 1860. The van der Waals surface area contributed by atoms with E-state index in [-0.39, 0.29) is 60.0 Å². The summed E-state index contributed by atoms with van der Waals surface area (Å²) in [5.41, 5.74) is 7.31. The van der Waals surface area contributed by atoms with Gasteiger partial charge >= 0.3 is 0 Å². The lowest BCUT2D eigenvalue weighted by atomic mass is 9.85. The highest BCUT2D eigenvalue weighted by Gasteiger charge is 2.42. The van der Waals surface area contributed by atoms with Gasteiger partial charge in [0.15, 0.2) is 34.5 Å². The summed E-state index contributed by atoms with van der Waals surface area (Å²) in [4.78, 5) is 0. The van der Waals surface area contributed by atoms with Crippen LogP contribution in [0.4, 0.5) is 0 Å². The molecular weight excluding hydrogens is 858 g/mol. The maximum absolute atomic E-state index is 7.14. The highest BCUT2D eigenvalue weighted by molar-refractivity contribution is 5.63. The highest BCUT2D eigenvalue weighted by Crippen LogP contribution is 2.53. The number of nitrogens with zero attached hydrogens (tertiary/aromatic N) is 2. The third-order valence-corrected chi connectivity index (χ3v) is 10.9. The zero-order chi connectivity index (χ0) is 33.8. The average molecular weight is 907 g/mol. The fourth-order valence-corrected chi connectivity index (χ4v) is 7.95. The second-order valence-electron chi connectivity index (χ2n) is 14.5. The Morgan fingerprint density at radius 1 is 0.580 bits per heavy atom. The molecule has 0 spiro atoms. The summed E-state index contributed by atoms with van der Waals surface area (Å²) in [6.07, 6.45) is 3.47. The minimum atomic E-state index is 0. The first-order valence-corrected chi connectivity index (χ1v) is 16.8. The van der Waals surface area contributed by atoms with E-state index in [0.29, 0.717) is 34.5 Å². The van der Waals surface area contributed by atoms with Gasteiger partial charge < -0.3 is 85.3 Å². The molecule has 8 nitrogen and oxygen atoms in total. The number of ether oxygens (including phenoxy) is 6. The van der Waals surface area contributed by atoms with Gasteiger partial charge in [0.1, 0.15) is 17.8 Å². The molecule has 0 radical (unpaired) electrons. The van der Waals surface area contributed by atoms with Crippen molar-refractivity contribution in [3.63, 3.8) is 0 Å². The maximum Gasteiger partial charge on any atom is 0.204 e. The van der Waals surface area contributed by atoms with Crippen LogP contribution in [-0.2, 0) is 25.7 Å². The first kappa shape index (κ1) is 38.3. The van der Waals surface area contributed by atoms with Gasteiger partial charge in [-0.25, -0.2) is 0 Å². The molecule has 2 atom stereocenters. The Hall–Kier alpha value is -2.94. The van der Waals surface area contributed by atoms with E-state index >= 15 is 0 Å². The van der Waals surface area contributed by atoms with Gasteiger partial charge in [-0.3, -0.25) is 0 Å². The summed E-state index contributed by atoms with van der Waals surface area (Å²) in [6.45, 7) is 2.00. The normalized spacial score (nSPS) is 19.4. The third kappa shape index (κ3) is 6.97.